The van der Waals surface area contributed by atoms with E-state index in [1.807, 2.05) is 19.1 Å². The van der Waals surface area contributed by atoms with Crippen LogP contribution in [0.3, 0.4) is 0 Å². The Bertz CT molecular complexity index is 490. The van der Waals surface area contributed by atoms with Gasteiger partial charge < -0.3 is 5.32 Å². The molecule has 21 heavy (non-hydrogen) atoms. The number of nitro groups is 1. The first-order chi connectivity index (χ1) is 10.1. The molecule has 1 aromatic carbocycles. The van der Waals surface area contributed by atoms with Crippen molar-refractivity contribution in [2.75, 3.05) is 18.4 Å². The van der Waals surface area contributed by atoms with Gasteiger partial charge in [-0.3, -0.25) is 15.0 Å². The molecular formula is C16H25N3O2. The standard InChI is InChI=1S/C16H25N3O2/c1-3-9-17-15-8-7-14(11-16(15)19(20)21)12-18-10-5-4-6-13(18)2/h7-8,11,13,17H,3-6,9-10,12H2,1-2H3. The molecule has 0 bridgehead atoms. The summed E-state index contributed by atoms with van der Waals surface area (Å²) in [6, 6.07) is 6.14. The SMILES string of the molecule is CCCNc1ccc(CN2CCCCC2C)cc1[N+](=O)[O-]. The van der Waals surface area contributed by atoms with Crippen molar-refractivity contribution in [2.24, 2.45) is 0 Å². The lowest BCUT2D eigenvalue weighted by Crippen LogP contribution is -2.36. The number of rotatable bonds is 6. The third-order valence-corrected chi connectivity index (χ3v) is 4.15. The first-order valence-electron chi connectivity index (χ1n) is 7.87. The van der Waals surface area contributed by atoms with Crippen LogP contribution in [0.5, 0.6) is 0 Å². The molecule has 5 heteroatoms. The van der Waals surface area contributed by atoms with Gasteiger partial charge in [-0.1, -0.05) is 19.4 Å². The largest absolute Gasteiger partial charge is 0.380 e. The Morgan fingerprint density at radius 3 is 2.90 bits per heavy atom. The summed E-state index contributed by atoms with van der Waals surface area (Å²) < 4.78 is 0. The lowest BCUT2D eigenvalue weighted by atomic mass is 10.0. The van der Waals surface area contributed by atoms with E-state index in [-0.39, 0.29) is 10.6 Å². The summed E-state index contributed by atoms with van der Waals surface area (Å²) in [5.74, 6) is 0. The highest BCUT2D eigenvalue weighted by atomic mass is 16.6. The van der Waals surface area contributed by atoms with Crippen molar-refractivity contribution >= 4 is 11.4 Å². The lowest BCUT2D eigenvalue weighted by molar-refractivity contribution is -0.384. The van der Waals surface area contributed by atoms with E-state index in [0.717, 1.165) is 31.6 Å². The van der Waals surface area contributed by atoms with E-state index in [0.29, 0.717) is 11.7 Å². The number of likely N-dealkylation sites (tertiary alicyclic amines) is 1. The van der Waals surface area contributed by atoms with Crippen LogP contribution in [0.15, 0.2) is 18.2 Å². The number of nitro benzene ring substituents is 1. The van der Waals surface area contributed by atoms with Crippen LogP contribution in [0, 0.1) is 10.1 Å². The Morgan fingerprint density at radius 1 is 1.43 bits per heavy atom. The molecule has 1 aliphatic rings. The molecule has 116 valence electrons. The number of nitrogens with zero attached hydrogens (tertiary/aromatic N) is 2. The predicted molar refractivity (Wildman–Crippen MR) is 85.6 cm³/mol. The molecule has 0 amide bonds. The van der Waals surface area contributed by atoms with Gasteiger partial charge >= 0.3 is 0 Å². The highest BCUT2D eigenvalue weighted by molar-refractivity contribution is 5.62. The van der Waals surface area contributed by atoms with Crippen LogP contribution < -0.4 is 5.32 Å². The summed E-state index contributed by atoms with van der Waals surface area (Å²) in [5, 5.41) is 14.4. The summed E-state index contributed by atoms with van der Waals surface area (Å²) in [6.45, 7) is 6.93. The van der Waals surface area contributed by atoms with E-state index in [4.69, 9.17) is 0 Å². The van der Waals surface area contributed by atoms with Gasteiger partial charge in [-0.25, -0.2) is 0 Å². The van der Waals surface area contributed by atoms with Gasteiger partial charge in [-0.15, -0.1) is 0 Å². The second-order valence-corrected chi connectivity index (χ2v) is 5.85. The number of anilines is 1. The smallest absolute Gasteiger partial charge is 0.292 e. The third kappa shape index (κ3) is 4.17. The number of nitrogens with one attached hydrogen (secondary N) is 1. The third-order valence-electron chi connectivity index (χ3n) is 4.15. The van der Waals surface area contributed by atoms with Crippen LogP contribution in [-0.2, 0) is 6.54 Å². The van der Waals surface area contributed by atoms with E-state index in [1.165, 1.54) is 19.3 Å². The fourth-order valence-electron chi connectivity index (χ4n) is 2.86. The summed E-state index contributed by atoms with van der Waals surface area (Å²) >= 11 is 0. The molecule has 0 radical (unpaired) electrons. The molecule has 1 N–H and O–H groups in total. The van der Waals surface area contributed by atoms with Crippen molar-refractivity contribution in [2.45, 2.75) is 52.1 Å². The lowest BCUT2D eigenvalue weighted by Gasteiger charge is -2.33. The Morgan fingerprint density at radius 2 is 2.24 bits per heavy atom. The quantitative estimate of drug-likeness (QED) is 0.640. The molecule has 1 aliphatic heterocycles. The molecule has 0 spiro atoms. The Hall–Kier alpha value is -1.62. The van der Waals surface area contributed by atoms with Crippen LogP contribution in [-0.4, -0.2) is 29.0 Å². The number of benzene rings is 1. The van der Waals surface area contributed by atoms with E-state index in [9.17, 15) is 10.1 Å². The van der Waals surface area contributed by atoms with E-state index in [1.54, 1.807) is 6.07 Å². The molecule has 0 saturated carbocycles. The van der Waals surface area contributed by atoms with Crippen LogP contribution in [0.2, 0.25) is 0 Å². The van der Waals surface area contributed by atoms with Crippen LogP contribution in [0.25, 0.3) is 0 Å². The topological polar surface area (TPSA) is 58.4 Å². The van der Waals surface area contributed by atoms with Crippen molar-refractivity contribution in [1.29, 1.82) is 0 Å². The normalized spacial score (nSPS) is 19.4. The van der Waals surface area contributed by atoms with Gasteiger partial charge in [0, 0.05) is 25.2 Å². The molecule has 1 saturated heterocycles. The second-order valence-electron chi connectivity index (χ2n) is 5.85. The number of hydrogen-bond donors (Lipinski definition) is 1. The monoisotopic (exact) mass is 291 g/mol. The van der Waals surface area contributed by atoms with E-state index in [2.05, 4.69) is 17.1 Å². The van der Waals surface area contributed by atoms with Gasteiger partial charge in [0.25, 0.3) is 5.69 Å². The van der Waals surface area contributed by atoms with Gasteiger partial charge in [0.1, 0.15) is 5.69 Å². The van der Waals surface area contributed by atoms with Crippen molar-refractivity contribution in [3.05, 3.63) is 33.9 Å². The molecule has 0 aromatic heterocycles. The molecule has 1 aromatic rings. The van der Waals surface area contributed by atoms with E-state index >= 15 is 0 Å². The first-order valence-corrected chi connectivity index (χ1v) is 7.87. The van der Waals surface area contributed by atoms with Gasteiger partial charge in [0.2, 0.25) is 0 Å². The van der Waals surface area contributed by atoms with Gasteiger partial charge in [0.05, 0.1) is 4.92 Å². The summed E-state index contributed by atoms with van der Waals surface area (Å²) in [5.41, 5.74) is 1.83. The van der Waals surface area contributed by atoms with Crippen molar-refractivity contribution in [1.82, 2.24) is 4.90 Å². The average molecular weight is 291 g/mol. The molecule has 0 aliphatic carbocycles. The average Bonchev–Trinajstić information content (AvgIpc) is 2.48. The molecular weight excluding hydrogens is 266 g/mol. The predicted octanol–water partition coefficient (Wildman–Crippen LogP) is 3.79. The van der Waals surface area contributed by atoms with Crippen molar-refractivity contribution < 1.29 is 4.92 Å². The number of hydrogen-bond acceptors (Lipinski definition) is 4. The maximum Gasteiger partial charge on any atom is 0.292 e. The zero-order valence-corrected chi connectivity index (χ0v) is 13.0. The number of piperidine rings is 1. The minimum Gasteiger partial charge on any atom is -0.380 e. The van der Waals surface area contributed by atoms with Gasteiger partial charge in [-0.05, 0) is 44.4 Å². The molecule has 5 nitrogen and oxygen atoms in total. The van der Waals surface area contributed by atoms with Crippen LogP contribution in [0.4, 0.5) is 11.4 Å². The maximum absolute atomic E-state index is 11.2. The summed E-state index contributed by atoms with van der Waals surface area (Å²) in [7, 11) is 0. The molecule has 1 fully saturated rings. The van der Waals surface area contributed by atoms with Crippen LogP contribution in [0.1, 0.15) is 45.1 Å². The van der Waals surface area contributed by atoms with Gasteiger partial charge in [0.15, 0.2) is 0 Å². The minimum absolute atomic E-state index is 0.186. The fraction of sp³-hybridized carbons (Fsp3) is 0.625. The second kappa shape index (κ2) is 7.41. The Labute approximate surface area is 126 Å². The molecule has 2 rings (SSSR count). The highest BCUT2D eigenvalue weighted by Gasteiger charge is 2.20. The van der Waals surface area contributed by atoms with E-state index < -0.39 is 0 Å². The molecule has 1 atom stereocenters. The highest BCUT2D eigenvalue weighted by Crippen LogP contribution is 2.27. The fourth-order valence-corrected chi connectivity index (χ4v) is 2.86. The first kappa shape index (κ1) is 15.8. The Kier molecular flexibility index (Phi) is 5.56. The summed E-state index contributed by atoms with van der Waals surface area (Å²) in [6.07, 6.45) is 4.68. The van der Waals surface area contributed by atoms with Crippen molar-refractivity contribution in [3.8, 4) is 0 Å². The van der Waals surface area contributed by atoms with Crippen LogP contribution >= 0.6 is 0 Å². The maximum atomic E-state index is 11.2. The van der Waals surface area contributed by atoms with Gasteiger partial charge in [-0.2, -0.15) is 0 Å². The molecule has 1 heterocycles. The minimum atomic E-state index is -0.291. The summed E-state index contributed by atoms with van der Waals surface area (Å²) in [4.78, 5) is 13.4. The van der Waals surface area contributed by atoms with Crippen molar-refractivity contribution in [3.63, 3.8) is 0 Å². The Balaban J connectivity index is 2.13. The zero-order valence-electron chi connectivity index (χ0n) is 13.0. The molecule has 1 unspecified atom stereocenters. The zero-order chi connectivity index (χ0) is 15.2.